The predicted octanol–water partition coefficient (Wildman–Crippen LogP) is 3.84. The van der Waals surface area contributed by atoms with Gasteiger partial charge in [-0.15, -0.1) is 0 Å². The van der Waals surface area contributed by atoms with Gasteiger partial charge in [0, 0.05) is 0 Å². The van der Waals surface area contributed by atoms with Gasteiger partial charge < -0.3 is 5.32 Å². The van der Waals surface area contributed by atoms with Gasteiger partial charge in [-0.1, -0.05) is 20.3 Å². The third kappa shape index (κ3) is 2.80. The van der Waals surface area contributed by atoms with Gasteiger partial charge in [0.25, 0.3) is 0 Å². The predicted molar refractivity (Wildman–Crippen MR) is 70.5 cm³/mol. The minimum absolute atomic E-state index is 0.648. The molecule has 0 radical (unpaired) electrons. The van der Waals surface area contributed by atoms with Gasteiger partial charge in [-0.3, -0.25) is 0 Å². The summed E-state index contributed by atoms with van der Waals surface area (Å²) in [7, 11) is 2.08. The van der Waals surface area contributed by atoms with Crippen molar-refractivity contribution in [1.82, 2.24) is 5.32 Å². The van der Waals surface area contributed by atoms with Crippen LogP contribution in [-0.2, 0) is 0 Å². The maximum atomic E-state index is 3.33. The molecule has 1 N–H and O–H groups in total. The normalized spacial score (nSPS) is 43.3. The molecule has 16 heavy (non-hydrogen) atoms. The zero-order chi connectivity index (χ0) is 11.6. The molecule has 0 aromatic rings. The van der Waals surface area contributed by atoms with Crippen LogP contribution < -0.4 is 5.32 Å². The SMILES string of the molecule is CCC1CC2CC(C1)CC(C)(CCNC)C2. The molecule has 2 saturated carbocycles. The molecule has 1 heteroatoms. The Kier molecular flexibility index (Phi) is 3.94. The van der Waals surface area contributed by atoms with Gasteiger partial charge in [0.05, 0.1) is 0 Å². The number of rotatable bonds is 4. The smallest absolute Gasteiger partial charge is 0.00467 e. The van der Waals surface area contributed by atoms with Crippen LogP contribution in [0.25, 0.3) is 0 Å². The molecule has 2 aliphatic rings. The number of hydrogen-bond acceptors (Lipinski definition) is 1. The van der Waals surface area contributed by atoms with Gasteiger partial charge in [0.1, 0.15) is 0 Å². The van der Waals surface area contributed by atoms with Crippen LogP contribution in [0.4, 0.5) is 0 Å². The number of hydrogen-bond donors (Lipinski definition) is 1. The minimum Gasteiger partial charge on any atom is -0.320 e. The van der Waals surface area contributed by atoms with Crippen LogP contribution in [0, 0.1) is 23.2 Å². The van der Waals surface area contributed by atoms with Gasteiger partial charge in [0.2, 0.25) is 0 Å². The van der Waals surface area contributed by atoms with E-state index in [9.17, 15) is 0 Å². The van der Waals surface area contributed by atoms with Crippen LogP contribution in [0.5, 0.6) is 0 Å². The summed E-state index contributed by atoms with van der Waals surface area (Å²) in [6.45, 7) is 6.12. The summed E-state index contributed by atoms with van der Waals surface area (Å²) >= 11 is 0. The lowest BCUT2D eigenvalue weighted by Gasteiger charge is -2.48. The van der Waals surface area contributed by atoms with E-state index in [1.165, 1.54) is 45.1 Å². The summed E-state index contributed by atoms with van der Waals surface area (Å²) in [5.74, 6) is 3.16. The molecule has 0 amide bonds. The highest BCUT2D eigenvalue weighted by Crippen LogP contribution is 2.51. The zero-order valence-electron chi connectivity index (χ0n) is 11.4. The van der Waals surface area contributed by atoms with Gasteiger partial charge >= 0.3 is 0 Å². The van der Waals surface area contributed by atoms with Crippen molar-refractivity contribution in [2.75, 3.05) is 13.6 Å². The van der Waals surface area contributed by atoms with E-state index >= 15 is 0 Å². The van der Waals surface area contributed by atoms with Crippen molar-refractivity contribution in [1.29, 1.82) is 0 Å². The second-order valence-corrected chi connectivity index (χ2v) is 6.79. The fourth-order valence-corrected chi connectivity index (χ4v) is 4.48. The molecule has 2 atom stereocenters. The number of fused-ring (bicyclic) bond motifs is 2. The second-order valence-electron chi connectivity index (χ2n) is 6.79. The molecular formula is C15H29N. The van der Waals surface area contributed by atoms with Crippen LogP contribution in [-0.4, -0.2) is 13.6 Å². The van der Waals surface area contributed by atoms with E-state index in [2.05, 4.69) is 26.2 Å². The molecule has 2 rings (SSSR count). The third-order valence-corrected chi connectivity index (χ3v) is 5.12. The van der Waals surface area contributed by atoms with Crippen molar-refractivity contribution in [3.63, 3.8) is 0 Å². The highest BCUT2D eigenvalue weighted by atomic mass is 14.8. The third-order valence-electron chi connectivity index (χ3n) is 5.12. The first-order valence-electron chi connectivity index (χ1n) is 7.30. The highest BCUT2D eigenvalue weighted by molar-refractivity contribution is 4.92. The van der Waals surface area contributed by atoms with Crippen LogP contribution in [0.2, 0.25) is 0 Å². The lowest BCUT2D eigenvalue weighted by atomic mass is 9.58. The molecule has 0 aliphatic heterocycles. The largest absolute Gasteiger partial charge is 0.320 e. The molecular weight excluding hydrogens is 194 g/mol. The summed E-state index contributed by atoms with van der Waals surface area (Å²) < 4.78 is 0. The molecule has 0 saturated heterocycles. The Bertz CT molecular complexity index is 209. The molecule has 2 unspecified atom stereocenters. The molecule has 2 fully saturated rings. The van der Waals surface area contributed by atoms with Crippen LogP contribution in [0.1, 0.15) is 58.8 Å². The summed E-state index contributed by atoms with van der Waals surface area (Å²) in [6, 6.07) is 0. The van der Waals surface area contributed by atoms with Gasteiger partial charge in [-0.05, 0) is 75.3 Å². The summed E-state index contributed by atoms with van der Waals surface area (Å²) in [5.41, 5.74) is 0.648. The van der Waals surface area contributed by atoms with E-state index in [0.717, 1.165) is 17.8 Å². The quantitative estimate of drug-likeness (QED) is 0.763. The second kappa shape index (κ2) is 5.08. The van der Waals surface area contributed by atoms with Crippen molar-refractivity contribution in [2.45, 2.75) is 58.8 Å². The Morgan fingerprint density at radius 2 is 1.75 bits per heavy atom. The standard InChI is InChI=1S/C15H29N/c1-4-12-7-13-9-14(8-12)11-15(2,10-13)5-6-16-3/h12-14,16H,4-11H2,1-3H3. The maximum Gasteiger partial charge on any atom is -0.00467 e. The van der Waals surface area contributed by atoms with Crippen LogP contribution in [0.15, 0.2) is 0 Å². The highest BCUT2D eigenvalue weighted by Gasteiger charge is 2.40. The van der Waals surface area contributed by atoms with E-state index in [0.29, 0.717) is 5.41 Å². The summed E-state index contributed by atoms with van der Waals surface area (Å²) in [5, 5.41) is 3.33. The van der Waals surface area contributed by atoms with Crippen molar-refractivity contribution in [3.8, 4) is 0 Å². The van der Waals surface area contributed by atoms with E-state index in [4.69, 9.17) is 0 Å². The fraction of sp³-hybridized carbons (Fsp3) is 1.00. The first kappa shape index (κ1) is 12.4. The Balaban J connectivity index is 1.93. The monoisotopic (exact) mass is 223 g/mol. The lowest BCUT2D eigenvalue weighted by Crippen LogP contribution is -2.37. The van der Waals surface area contributed by atoms with Crippen LogP contribution >= 0.6 is 0 Å². The Hall–Kier alpha value is -0.0400. The van der Waals surface area contributed by atoms with E-state index in [1.807, 2.05) is 0 Å². The Labute approximate surface area is 101 Å². The minimum atomic E-state index is 0.648. The molecule has 94 valence electrons. The van der Waals surface area contributed by atoms with Crippen molar-refractivity contribution in [3.05, 3.63) is 0 Å². The molecule has 2 aliphatic carbocycles. The van der Waals surface area contributed by atoms with Crippen molar-refractivity contribution >= 4 is 0 Å². The molecule has 2 bridgehead atoms. The average molecular weight is 223 g/mol. The molecule has 0 spiro atoms. The summed E-state index contributed by atoms with van der Waals surface area (Å²) in [6.07, 6.45) is 10.4. The van der Waals surface area contributed by atoms with Gasteiger partial charge in [0.15, 0.2) is 0 Å². The summed E-state index contributed by atoms with van der Waals surface area (Å²) in [4.78, 5) is 0. The van der Waals surface area contributed by atoms with Gasteiger partial charge in [-0.25, -0.2) is 0 Å². The molecule has 0 aromatic carbocycles. The fourth-order valence-electron chi connectivity index (χ4n) is 4.48. The molecule has 1 nitrogen and oxygen atoms in total. The average Bonchev–Trinajstić information content (AvgIpc) is 2.25. The first-order chi connectivity index (χ1) is 7.65. The van der Waals surface area contributed by atoms with E-state index in [1.54, 1.807) is 6.42 Å². The lowest BCUT2D eigenvalue weighted by molar-refractivity contribution is 0.0364. The van der Waals surface area contributed by atoms with Crippen molar-refractivity contribution in [2.24, 2.45) is 23.2 Å². The first-order valence-corrected chi connectivity index (χ1v) is 7.30. The molecule has 0 aromatic heterocycles. The number of nitrogens with one attached hydrogen (secondary N) is 1. The van der Waals surface area contributed by atoms with E-state index in [-0.39, 0.29) is 0 Å². The Morgan fingerprint density at radius 3 is 2.25 bits per heavy atom. The van der Waals surface area contributed by atoms with Crippen molar-refractivity contribution < 1.29 is 0 Å². The van der Waals surface area contributed by atoms with Gasteiger partial charge in [-0.2, -0.15) is 0 Å². The topological polar surface area (TPSA) is 12.0 Å². The van der Waals surface area contributed by atoms with E-state index < -0.39 is 0 Å². The zero-order valence-corrected chi connectivity index (χ0v) is 11.4. The molecule has 0 heterocycles. The Morgan fingerprint density at radius 1 is 1.12 bits per heavy atom. The van der Waals surface area contributed by atoms with Crippen LogP contribution in [0.3, 0.4) is 0 Å². The maximum absolute atomic E-state index is 3.33.